The number of para-hydroxylation sites is 1. The molecule has 202 valence electrons. The molecule has 5 rings (SSSR count). The lowest BCUT2D eigenvalue weighted by molar-refractivity contribution is 0.102. The maximum Gasteiger partial charge on any atom is 0.261 e. The monoisotopic (exact) mass is 594 g/mol. The van der Waals surface area contributed by atoms with Gasteiger partial charge in [0, 0.05) is 29.9 Å². The van der Waals surface area contributed by atoms with E-state index in [1.165, 1.54) is 0 Å². The number of nitrogens with one attached hydrogen (secondary N) is 1. The Balaban J connectivity index is 1.53. The molecule has 1 amide bonds. The average molecular weight is 596 g/mol. The number of fused-ring (bicyclic) bond motifs is 1. The van der Waals surface area contributed by atoms with E-state index in [0.29, 0.717) is 30.0 Å². The summed E-state index contributed by atoms with van der Waals surface area (Å²) in [6.07, 6.45) is 1.66. The quantitative estimate of drug-likeness (QED) is 0.208. The average Bonchev–Trinajstić information content (AvgIpc) is 2.95. The van der Waals surface area contributed by atoms with Crippen LogP contribution in [0.5, 0.6) is 5.75 Å². The summed E-state index contributed by atoms with van der Waals surface area (Å²) in [5.41, 5.74) is 3.93. The molecule has 0 atom stereocenters. The Bertz CT molecular complexity index is 1720. The van der Waals surface area contributed by atoms with Crippen LogP contribution in [-0.2, 0) is 18.6 Å². The number of carbonyl (C=O) groups excluding carboxylic acids is 1. The summed E-state index contributed by atoms with van der Waals surface area (Å²) < 4.78 is 8.88. The van der Waals surface area contributed by atoms with Crippen molar-refractivity contribution in [3.8, 4) is 5.75 Å². The Morgan fingerprint density at radius 1 is 0.875 bits per heavy atom. The van der Waals surface area contributed by atoms with Gasteiger partial charge in [-0.1, -0.05) is 93.6 Å². The van der Waals surface area contributed by atoms with Crippen molar-refractivity contribution in [1.29, 1.82) is 0 Å². The van der Waals surface area contributed by atoms with Gasteiger partial charge in [-0.15, -0.1) is 0 Å². The lowest BCUT2D eigenvalue weighted by Crippen LogP contribution is -2.25. The first-order chi connectivity index (χ1) is 19.2. The molecule has 0 saturated heterocycles. The van der Waals surface area contributed by atoms with E-state index in [2.05, 4.69) is 42.0 Å². The summed E-state index contributed by atoms with van der Waals surface area (Å²) in [4.78, 5) is 27.3. The number of halogens is 1. The molecule has 4 aromatic carbocycles. The molecule has 5 nitrogen and oxygen atoms in total. The van der Waals surface area contributed by atoms with Crippen LogP contribution < -0.4 is 15.5 Å². The summed E-state index contributed by atoms with van der Waals surface area (Å²) in [7, 11) is 0. The van der Waals surface area contributed by atoms with Crippen molar-refractivity contribution in [1.82, 2.24) is 4.57 Å². The predicted octanol–water partition coefficient (Wildman–Crippen LogP) is 7.94. The van der Waals surface area contributed by atoms with Crippen LogP contribution in [0.3, 0.4) is 0 Å². The SMILES string of the molecule is CC(C)(C)c1cc(Br)c(OCc2ccccc2)cc1NC(=O)c1cn(Cc2ccccc2)c2ccccc2c1=O. The summed E-state index contributed by atoms with van der Waals surface area (Å²) in [6, 6.07) is 31.1. The van der Waals surface area contributed by atoms with Crippen molar-refractivity contribution in [3.05, 3.63) is 140 Å². The van der Waals surface area contributed by atoms with Crippen LogP contribution >= 0.6 is 15.9 Å². The molecule has 0 saturated carbocycles. The third-order valence-electron chi connectivity index (χ3n) is 6.79. The zero-order chi connectivity index (χ0) is 28.3. The molecule has 0 bridgehead atoms. The Kier molecular flexibility index (Phi) is 7.90. The summed E-state index contributed by atoms with van der Waals surface area (Å²) in [6.45, 7) is 7.16. The first-order valence-corrected chi connectivity index (χ1v) is 14.0. The van der Waals surface area contributed by atoms with Gasteiger partial charge in [0.1, 0.15) is 17.9 Å². The number of aromatic nitrogens is 1. The van der Waals surface area contributed by atoms with Crippen LogP contribution in [-0.4, -0.2) is 10.5 Å². The van der Waals surface area contributed by atoms with Crippen molar-refractivity contribution in [2.75, 3.05) is 5.32 Å². The number of amides is 1. The molecule has 0 aliphatic heterocycles. The van der Waals surface area contributed by atoms with Gasteiger partial charge in [0.2, 0.25) is 5.43 Å². The second-order valence-electron chi connectivity index (χ2n) is 10.8. The minimum Gasteiger partial charge on any atom is -0.488 e. The molecule has 1 N–H and O–H groups in total. The van der Waals surface area contributed by atoms with Crippen LogP contribution in [0.15, 0.2) is 113 Å². The smallest absolute Gasteiger partial charge is 0.261 e. The maximum absolute atomic E-state index is 13.8. The minimum atomic E-state index is -0.459. The number of anilines is 1. The molecule has 1 heterocycles. The molecule has 5 aromatic rings. The lowest BCUT2D eigenvalue weighted by Gasteiger charge is -2.25. The zero-order valence-corrected chi connectivity index (χ0v) is 24.4. The summed E-state index contributed by atoms with van der Waals surface area (Å²) in [5.74, 6) is 0.145. The molecule has 40 heavy (non-hydrogen) atoms. The third kappa shape index (κ3) is 6.02. The van der Waals surface area contributed by atoms with Gasteiger partial charge in [-0.2, -0.15) is 0 Å². The van der Waals surface area contributed by atoms with E-state index in [1.54, 1.807) is 12.3 Å². The molecule has 0 unspecified atom stereocenters. The molecule has 0 spiro atoms. The standard InChI is InChI=1S/C34H31BrN2O3/c1-34(2,3)27-18-28(35)31(40-22-24-14-8-5-9-15-24)19-29(27)36-33(39)26-21-37(20-23-12-6-4-7-13-23)30-17-11-10-16-25(30)32(26)38/h4-19,21H,20,22H2,1-3H3,(H,36,39). The number of nitrogens with zero attached hydrogens (tertiary/aromatic N) is 1. The Morgan fingerprint density at radius 2 is 1.50 bits per heavy atom. The van der Waals surface area contributed by atoms with E-state index >= 15 is 0 Å². The van der Waals surface area contributed by atoms with Gasteiger partial charge in [0.05, 0.1) is 9.99 Å². The first kappa shape index (κ1) is 27.4. The van der Waals surface area contributed by atoms with Gasteiger partial charge in [-0.3, -0.25) is 9.59 Å². The van der Waals surface area contributed by atoms with E-state index in [1.807, 2.05) is 95.6 Å². The molecular formula is C34H31BrN2O3. The lowest BCUT2D eigenvalue weighted by atomic mass is 9.85. The van der Waals surface area contributed by atoms with Crippen LogP contribution in [0.4, 0.5) is 5.69 Å². The highest BCUT2D eigenvalue weighted by Crippen LogP contribution is 2.38. The maximum atomic E-state index is 13.8. The van der Waals surface area contributed by atoms with Crippen LogP contribution in [0, 0.1) is 0 Å². The topological polar surface area (TPSA) is 60.3 Å². The Labute approximate surface area is 242 Å². The molecule has 0 fully saturated rings. The van der Waals surface area contributed by atoms with Crippen molar-refractivity contribution in [2.24, 2.45) is 0 Å². The third-order valence-corrected chi connectivity index (χ3v) is 7.41. The number of benzene rings is 4. The first-order valence-electron chi connectivity index (χ1n) is 13.2. The molecule has 0 radical (unpaired) electrons. The molecule has 0 aliphatic rings. The van der Waals surface area contributed by atoms with Crippen molar-refractivity contribution in [3.63, 3.8) is 0 Å². The van der Waals surface area contributed by atoms with Crippen LogP contribution in [0.25, 0.3) is 10.9 Å². The number of carbonyl (C=O) groups is 1. The van der Waals surface area contributed by atoms with Gasteiger partial charge in [-0.25, -0.2) is 0 Å². The minimum absolute atomic E-state index is 0.0872. The van der Waals surface area contributed by atoms with Gasteiger partial charge < -0.3 is 14.6 Å². The van der Waals surface area contributed by atoms with Gasteiger partial charge in [0.25, 0.3) is 5.91 Å². The van der Waals surface area contributed by atoms with E-state index in [0.717, 1.165) is 26.7 Å². The number of pyridine rings is 1. The number of ether oxygens (including phenoxy) is 1. The fraction of sp³-hybridized carbons (Fsp3) is 0.176. The molecule has 6 heteroatoms. The van der Waals surface area contributed by atoms with Crippen LogP contribution in [0.2, 0.25) is 0 Å². The van der Waals surface area contributed by atoms with Gasteiger partial charge in [0.15, 0.2) is 0 Å². The fourth-order valence-corrected chi connectivity index (χ4v) is 5.19. The van der Waals surface area contributed by atoms with Gasteiger partial charge in [-0.05, 0) is 56.2 Å². The fourth-order valence-electron chi connectivity index (χ4n) is 4.73. The van der Waals surface area contributed by atoms with E-state index < -0.39 is 5.91 Å². The van der Waals surface area contributed by atoms with Crippen molar-refractivity contribution >= 4 is 38.4 Å². The second-order valence-corrected chi connectivity index (χ2v) is 11.7. The van der Waals surface area contributed by atoms with E-state index in [4.69, 9.17) is 4.74 Å². The number of rotatable bonds is 7. The van der Waals surface area contributed by atoms with Crippen molar-refractivity contribution in [2.45, 2.75) is 39.3 Å². The number of hydrogen-bond acceptors (Lipinski definition) is 3. The molecular weight excluding hydrogens is 564 g/mol. The Morgan fingerprint density at radius 3 is 2.17 bits per heavy atom. The highest BCUT2D eigenvalue weighted by molar-refractivity contribution is 9.10. The van der Waals surface area contributed by atoms with Gasteiger partial charge >= 0.3 is 0 Å². The van der Waals surface area contributed by atoms with E-state index in [9.17, 15) is 9.59 Å². The number of hydrogen-bond donors (Lipinski definition) is 1. The normalized spacial score (nSPS) is 11.4. The zero-order valence-electron chi connectivity index (χ0n) is 22.8. The molecule has 1 aromatic heterocycles. The predicted molar refractivity (Wildman–Crippen MR) is 165 cm³/mol. The largest absolute Gasteiger partial charge is 0.488 e. The van der Waals surface area contributed by atoms with Crippen LogP contribution in [0.1, 0.15) is 47.8 Å². The van der Waals surface area contributed by atoms with Crippen molar-refractivity contribution < 1.29 is 9.53 Å². The Hall–Kier alpha value is -4.16. The summed E-state index contributed by atoms with van der Waals surface area (Å²) >= 11 is 3.65. The highest BCUT2D eigenvalue weighted by atomic mass is 79.9. The summed E-state index contributed by atoms with van der Waals surface area (Å²) in [5, 5.41) is 3.55. The highest BCUT2D eigenvalue weighted by Gasteiger charge is 2.24. The van der Waals surface area contributed by atoms with E-state index in [-0.39, 0.29) is 16.4 Å². The second kappa shape index (κ2) is 11.5. The molecule has 0 aliphatic carbocycles.